The Kier molecular flexibility index (Phi) is 6.01. The summed E-state index contributed by atoms with van der Waals surface area (Å²) in [6, 6.07) is 3.26. The Morgan fingerprint density at radius 2 is 1.79 bits per heavy atom. The van der Waals surface area contributed by atoms with E-state index in [1.54, 1.807) is 20.8 Å². The largest absolute Gasteiger partial charge is 0.393 e. The maximum Gasteiger partial charge on any atom is 0.306 e. The van der Waals surface area contributed by atoms with Gasteiger partial charge in [0.2, 0.25) is 0 Å². The average Bonchev–Trinajstić information content (AvgIpc) is 2.45. The van der Waals surface area contributed by atoms with E-state index in [9.17, 15) is 22.5 Å². The molecule has 0 fully saturated rings. The third kappa shape index (κ3) is 4.04. The Hall–Kier alpha value is -1.25. The van der Waals surface area contributed by atoms with Gasteiger partial charge in [0.25, 0.3) is 0 Å². The third-order valence-corrected chi connectivity index (χ3v) is 4.94. The van der Waals surface area contributed by atoms with Gasteiger partial charge in [0, 0.05) is 5.56 Å². The van der Waals surface area contributed by atoms with Gasteiger partial charge in [0.05, 0.1) is 22.6 Å². The van der Waals surface area contributed by atoms with Crippen LogP contribution in [-0.2, 0) is 16.9 Å². The van der Waals surface area contributed by atoms with Crippen molar-refractivity contribution in [3.05, 3.63) is 35.1 Å². The van der Waals surface area contributed by atoms with Gasteiger partial charge in [0.15, 0.2) is 5.60 Å². The van der Waals surface area contributed by atoms with E-state index in [4.69, 9.17) is 5.11 Å². The first kappa shape index (κ1) is 20.8. The van der Waals surface area contributed by atoms with Crippen molar-refractivity contribution >= 4 is 16.7 Å². The van der Waals surface area contributed by atoms with E-state index in [1.807, 2.05) is 0 Å². The Morgan fingerprint density at radius 3 is 2.25 bits per heavy atom. The van der Waals surface area contributed by atoms with Crippen LogP contribution in [0.1, 0.15) is 45.7 Å². The summed E-state index contributed by atoms with van der Waals surface area (Å²) in [6.07, 6.45) is 0. The molecule has 0 spiro atoms. The van der Waals surface area contributed by atoms with Crippen LogP contribution in [-0.4, -0.2) is 37.1 Å². The minimum atomic E-state index is -4.02. The van der Waals surface area contributed by atoms with Crippen molar-refractivity contribution in [1.29, 1.82) is 0 Å². The second-order valence-corrected chi connectivity index (χ2v) is 8.62. The first-order valence-corrected chi connectivity index (χ1v) is 8.34. The van der Waals surface area contributed by atoms with E-state index < -0.39 is 45.2 Å². The zero-order valence-electron chi connectivity index (χ0n) is 14.2. The second kappa shape index (κ2) is 6.93. The topological polar surface area (TPSA) is 69.9 Å². The zero-order chi connectivity index (χ0) is 18.9. The number of hydrogen-bond donors (Lipinski definition) is 2. The van der Waals surface area contributed by atoms with Gasteiger partial charge in [-0.25, -0.2) is 8.60 Å². The van der Waals surface area contributed by atoms with Crippen LogP contribution in [0.5, 0.6) is 0 Å². The van der Waals surface area contributed by atoms with Gasteiger partial charge in [-0.3, -0.25) is 0 Å². The molecule has 0 aliphatic rings. The first-order valence-electron chi connectivity index (χ1n) is 7.23. The number of aliphatic hydroxyl groups is 2. The van der Waals surface area contributed by atoms with E-state index in [0.717, 1.165) is 6.07 Å². The van der Waals surface area contributed by atoms with E-state index in [1.165, 1.54) is 19.1 Å². The highest BCUT2D eigenvalue weighted by Gasteiger charge is 2.52. The van der Waals surface area contributed by atoms with E-state index in [0.29, 0.717) is 6.92 Å². The third-order valence-electron chi connectivity index (χ3n) is 3.45. The number of benzene rings is 1. The number of halogens is 3. The molecule has 1 aromatic rings. The van der Waals surface area contributed by atoms with Gasteiger partial charge >= 0.3 is 5.92 Å². The van der Waals surface area contributed by atoms with Gasteiger partial charge in [-0.1, -0.05) is 12.1 Å². The van der Waals surface area contributed by atoms with Crippen LogP contribution in [0.25, 0.3) is 0 Å². The molecule has 1 aromatic carbocycles. The van der Waals surface area contributed by atoms with Gasteiger partial charge < -0.3 is 10.2 Å². The quantitative estimate of drug-likeness (QED) is 0.788. The SMILES string of the molecule is C/C(=N\[S@](=O)C(C)(C)C)c1cccc(C(F)(F)[C@@](C)(O)CO)c1F. The molecule has 136 valence electrons. The maximum atomic E-state index is 14.6. The van der Waals surface area contributed by atoms with Gasteiger partial charge in [-0.05, 0) is 40.7 Å². The smallest absolute Gasteiger partial charge is 0.306 e. The highest BCUT2D eigenvalue weighted by atomic mass is 32.2. The molecular formula is C16H22F3NO3S. The lowest BCUT2D eigenvalue weighted by atomic mass is 9.90. The molecule has 24 heavy (non-hydrogen) atoms. The second-order valence-electron chi connectivity index (χ2n) is 6.71. The lowest BCUT2D eigenvalue weighted by Gasteiger charge is -2.31. The molecule has 0 aliphatic heterocycles. The fourth-order valence-electron chi connectivity index (χ4n) is 1.75. The number of rotatable bonds is 5. The first-order chi connectivity index (χ1) is 10.8. The molecule has 0 heterocycles. The van der Waals surface area contributed by atoms with Crippen LogP contribution in [0.15, 0.2) is 22.6 Å². The van der Waals surface area contributed by atoms with Crippen molar-refractivity contribution in [3.63, 3.8) is 0 Å². The number of alkyl halides is 2. The van der Waals surface area contributed by atoms with Gasteiger partial charge in [0.1, 0.15) is 16.8 Å². The zero-order valence-corrected chi connectivity index (χ0v) is 15.0. The minimum absolute atomic E-state index is 0.00190. The van der Waals surface area contributed by atoms with Crippen LogP contribution < -0.4 is 0 Å². The highest BCUT2D eigenvalue weighted by Crippen LogP contribution is 2.40. The standard InChI is InChI=1S/C16H22F3NO3S/c1-10(20-24(23)14(2,3)4)11-7-6-8-12(13(11)17)16(18,19)15(5,22)9-21/h6-8,21-22H,9H2,1-5H3/b20-10+/t15-,24+/m0/s1. The van der Waals surface area contributed by atoms with Crippen molar-refractivity contribution in [1.82, 2.24) is 0 Å². The van der Waals surface area contributed by atoms with Crippen molar-refractivity contribution in [2.24, 2.45) is 4.40 Å². The molecule has 0 aliphatic carbocycles. The Balaban J connectivity index is 3.43. The Bertz CT molecular complexity index is 667. The molecular weight excluding hydrogens is 343 g/mol. The van der Waals surface area contributed by atoms with E-state index in [-0.39, 0.29) is 11.3 Å². The summed E-state index contributed by atoms with van der Waals surface area (Å²) in [4.78, 5) is 0. The van der Waals surface area contributed by atoms with Crippen molar-refractivity contribution in [2.75, 3.05) is 6.61 Å². The van der Waals surface area contributed by atoms with Crippen LogP contribution in [0, 0.1) is 5.82 Å². The Morgan fingerprint density at radius 1 is 1.25 bits per heavy atom. The summed E-state index contributed by atoms with van der Waals surface area (Å²) in [5.41, 5.74) is -4.12. The summed E-state index contributed by atoms with van der Waals surface area (Å²) >= 11 is 0. The van der Waals surface area contributed by atoms with Gasteiger partial charge in [-0.2, -0.15) is 13.2 Å². The number of aliphatic hydroxyl groups excluding tert-OH is 1. The van der Waals surface area contributed by atoms with E-state index in [2.05, 4.69) is 4.40 Å². The summed E-state index contributed by atoms with van der Waals surface area (Å²) in [5.74, 6) is -5.30. The molecule has 2 atom stereocenters. The molecule has 2 N–H and O–H groups in total. The van der Waals surface area contributed by atoms with Crippen LogP contribution >= 0.6 is 0 Å². The fourth-order valence-corrected chi connectivity index (χ4v) is 2.37. The molecule has 0 bridgehead atoms. The van der Waals surface area contributed by atoms with Crippen LogP contribution in [0.3, 0.4) is 0 Å². The predicted molar refractivity (Wildman–Crippen MR) is 88.1 cm³/mol. The van der Waals surface area contributed by atoms with Gasteiger partial charge in [-0.15, -0.1) is 0 Å². The lowest BCUT2D eigenvalue weighted by Crippen LogP contribution is -2.47. The molecule has 0 radical (unpaired) electrons. The lowest BCUT2D eigenvalue weighted by molar-refractivity contribution is -0.196. The maximum absolute atomic E-state index is 14.6. The summed E-state index contributed by atoms with van der Waals surface area (Å²) < 4.78 is 58.5. The molecule has 0 unspecified atom stereocenters. The van der Waals surface area contributed by atoms with E-state index >= 15 is 0 Å². The molecule has 4 nitrogen and oxygen atoms in total. The van der Waals surface area contributed by atoms with Crippen LogP contribution in [0.2, 0.25) is 0 Å². The highest BCUT2D eigenvalue weighted by molar-refractivity contribution is 7.85. The summed E-state index contributed by atoms with van der Waals surface area (Å²) in [6.45, 7) is 5.88. The monoisotopic (exact) mass is 365 g/mol. The number of nitrogens with zero attached hydrogens (tertiary/aromatic N) is 1. The normalized spacial score (nSPS) is 17.5. The predicted octanol–water partition coefficient (Wildman–Crippen LogP) is 2.93. The van der Waals surface area contributed by atoms with Crippen molar-refractivity contribution in [3.8, 4) is 0 Å². The summed E-state index contributed by atoms with van der Waals surface area (Å²) in [5, 5.41) is 18.6. The molecule has 0 saturated carbocycles. The molecule has 8 heteroatoms. The molecule has 1 rings (SSSR count). The minimum Gasteiger partial charge on any atom is -0.393 e. The number of hydrogen-bond acceptors (Lipinski definition) is 3. The average molecular weight is 365 g/mol. The molecule has 0 saturated heterocycles. The molecule has 0 amide bonds. The van der Waals surface area contributed by atoms with Crippen molar-refractivity contribution < 1.29 is 27.6 Å². The summed E-state index contributed by atoms with van der Waals surface area (Å²) in [7, 11) is -1.68. The van der Waals surface area contributed by atoms with Crippen molar-refractivity contribution in [2.45, 2.75) is 50.9 Å². The molecule has 0 aromatic heterocycles. The van der Waals surface area contributed by atoms with Crippen LogP contribution in [0.4, 0.5) is 13.2 Å². The Labute approximate surface area is 142 Å². The fraction of sp³-hybridized carbons (Fsp3) is 0.562.